The molecule has 1 unspecified atom stereocenters. The number of aromatic nitrogens is 2. The number of rotatable bonds is 3. The molecule has 2 N–H and O–H groups in total. The fourth-order valence-corrected chi connectivity index (χ4v) is 2.15. The van der Waals surface area contributed by atoms with Crippen molar-refractivity contribution < 1.29 is 0 Å². The summed E-state index contributed by atoms with van der Waals surface area (Å²) < 4.78 is 0. The minimum atomic E-state index is 0.296. The Kier molecular flexibility index (Phi) is 3.39. The van der Waals surface area contributed by atoms with Crippen LogP contribution in [0.15, 0.2) is 6.07 Å². The average Bonchev–Trinajstić information content (AvgIpc) is 2.64. The van der Waals surface area contributed by atoms with E-state index in [1.807, 2.05) is 6.92 Å². The van der Waals surface area contributed by atoms with Crippen LogP contribution in [0.3, 0.4) is 0 Å². The summed E-state index contributed by atoms with van der Waals surface area (Å²) in [6, 6.07) is 2.40. The van der Waals surface area contributed by atoms with Crippen molar-refractivity contribution in [2.45, 2.75) is 39.2 Å². The molecule has 16 heavy (non-hydrogen) atoms. The van der Waals surface area contributed by atoms with Gasteiger partial charge in [-0.25, -0.2) is 9.97 Å². The third-order valence-corrected chi connectivity index (χ3v) is 2.93. The van der Waals surface area contributed by atoms with Gasteiger partial charge in [0.1, 0.15) is 11.6 Å². The molecule has 1 saturated heterocycles. The molecular formula is C12H20N4. The average molecular weight is 220 g/mol. The molecule has 1 aromatic heterocycles. The highest BCUT2D eigenvalue weighted by Crippen LogP contribution is 2.18. The topological polar surface area (TPSA) is 55.0 Å². The van der Waals surface area contributed by atoms with Crippen molar-refractivity contribution in [3.63, 3.8) is 0 Å². The molecule has 1 aliphatic heterocycles. The summed E-state index contributed by atoms with van der Waals surface area (Å²) in [7, 11) is 0. The van der Waals surface area contributed by atoms with E-state index in [9.17, 15) is 0 Å². The molecule has 2 rings (SSSR count). The second-order valence-electron chi connectivity index (χ2n) is 4.51. The lowest BCUT2D eigenvalue weighted by atomic mass is 10.2. The summed E-state index contributed by atoms with van der Waals surface area (Å²) in [6.45, 7) is 6.06. The van der Waals surface area contributed by atoms with E-state index in [1.165, 1.54) is 0 Å². The SMILES string of the molecule is CCCc1cc(N2CCC(N)C2)nc(C)n1. The second-order valence-corrected chi connectivity index (χ2v) is 4.51. The van der Waals surface area contributed by atoms with Gasteiger partial charge in [-0.15, -0.1) is 0 Å². The molecule has 1 aromatic rings. The molecule has 0 amide bonds. The predicted octanol–water partition coefficient (Wildman–Crippen LogP) is 1.27. The molecule has 1 fully saturated rings. The van der Waals surface area contributed by atoms with Gasteiger partial charge in [-0.05, 0) is 19.8 Å². The van der Waals surface area contributed by atoms with Crippen LogP contribution in [0.1, 0.15) is 31.3 Å². The van der Waals surface area contributed by atoms with Crippen molar-refractivity contribution in [1.29, 1.82) is 0 Å². The van der Waals surface area contributed by atoms with Crippen LogP contribution in [0.5, 0.6) is 0 Å². The zero-order chi connectivity index (χ0) is 11.5. The van der Waals surface area contributed by atoms with Gasteiger partial charge >= 0.3 is 0 Å². The minimum absolute atomic E-state index is 0.296. The summed E-state index contributed by atoms with van der Waals surface area (Å²) in [5.74, 6) is 1.91. The zero-order valence-corrected chi connectivity index (χ0v) is 10.1. The zero-order valence-electron chi connectivity index (χ0n) is 10.1. The molecule has 1 aliphatic rings. The van der Waals surface area contributed by atoms with Crippen LogP contribution in [-0.2, 0) is 6.42 Å². The number of nitrogens with two attached hydrogens (primary N) is 1. The normalized spacial score (nSPS) is 20.4. The number of aryl methyl sites for hydroxylation is 2. The molecule has 0 aromatic carbocycles. The van der Waals surface area contributed by atoms with E-state index in [-0.39, 0.29) is 0 Å². The largest absolute Gasteiger partial charge is 0.355 e. The molecule has 88 valence electrons. The molecule has 4 heteroatoms. The summed E-state index contributed by atoms with van der Waals surface area (Å²) in [5.41, 5.74) is 7.06. The lowest BCUT2D eigenvalue weighted by molar-refractivity contribution is 0.750. The lowest BCUT2D eigenvalue weighted by Gasteiger charge is -2.17. The lowest BCUT2D eigenvalue weighted by Crippen LogP contribution is -2.27. The number of hydrogen-bond donors (Lipinski definition) is 1. The van der Waals surface area contributed by atoms with Crippen LogP contribution < -0.4 is 10.6 Å². The second kappa shape index (κ2) is 4.78. The molecule has 0 bridgehead atoms. The van der Waals surface area contributed by atoms with Crippen molar-refractivity contribution in [2.75, 3.05) is 18.0 Å². The highest BCUT2D eigenvalue weighted by Gasteiger charge is 2.20. The molecule has 1 atom stereocenters. The van der Waals surface area contributed by atoms with Crippen LogP contribution in [-0.4, -0.2) is 29.1 Å². The van der Waals surface area contributed by atoms with Crippen molar-refractivity contribution in [3.05, 3.63) is 17.6 Å². The van der Waals surface area contributed by atoms with Gasteiger partial charge in [-0.2, -0.15) is 0 Å². The fourth-order valence-electron chi connectivity index (χ4n) is 2.15. The highest BCUT2D eigenvalue weighted by atomic mass is 15.2. The first-order chi connectivity index (χ1) is 7.69. The van der Waals surface area contributed by atoms with E-state index in [2.05, 4.69) is 27.9 Å². The van der Waals surface area contributed by atoms with Gasteiger partial charge in [0.05, 0.1) is 0 Å². The van der Waals surface area contributed by atoms with Crippen molar-refractivity contribution >= 4 is 5.82 Å². The van der Waals surface area contributed by atoms with Crippen LogP contribution in [0.4, 0.5) is 5.82 Å². The summed E-state index contributed by atoms with van der Waals surface area (Å²) in [4.78, 5) is 11.2. The van der Waals surface area contributed by atoms with Gasteiger partial charge in [0, 0.05) is 30.9 Å². The van der Waals surface area contributed by atoms with Gasteiger partial charge < -0.3 is 10.6 Å². The molecule has 2 heterocycles. The Hall–Kier alpha value is -1.16. The molecule has 0 aliphatic carbocycles. The molecule has 0 saturated carbocycles. The van der Waals surface area contributed by atoms with Gasteiger partial charge in [0.2, 0.25) is 0 Å². The van der Waals surface area contributed by atoms with Crippen molar-refractivity contribution in [2.24, 2.45) is 5.73 Å². The Bertz CT molecular complexity index is 364. The molecule has 0 radical (unpaired) electrons. The molecule has 0 spiro atoms. The first-order valence-electron chi connectivity index (χ1n) is 6.04. The van der Waals surface area contributed by atoms with Crippen LogP contribution in [0.2, 0.25) is 0 Å². The van der Waals surface area contributed by atoms with Crippen molar-refractivity contribution in [1.82, 2.24) is 9.97 Å². The summed E-state index contributed by atoms with van der Waals surface area (Å²) >= 11 is 0. The quantitative estimate of drug-likeness (QED) is 0.833. The molecular weight excluding hydrogens is 200 g/mol. The standard InChI is InChI=1S/C12H20N4/c1-3-4-11-7-12(15-9(2)14-11)16-6-5-10(13)8-16/h7,10H,3-6,8,13H2,1-2H3. The Morgan fingerprint density at radius 1 is 1.50 bits per heavy atom. The van der Waals surface area contributed by atoms with E-state index < -0.39 is 0 Å². The highest BCUT2D eigenvalue weighted by molar-refractivity contribution is 5.41. The Morgan fingerprint density at radius 2 is 2.31 bits per heavy atom. The van der Waals surface area contributed by atoms with E-state index in [4.69, 9.17) is 5.73 Å². The van der Waals surface area contributed by atoms with Gasteiger partial charge in [-0.3, -0.25) is 0 Å². The van der Waals surface area contributed by atoms with E-state index in [1.54, 1.807) is 0 Å². The summed E-state index contributed by atoms with van der Waals surface area (Å²) in [6.07, 6.45) is 3.21. The van der Waals surface area contributed by atoms with Gasteiger partial charge in [0.25, 0.3) is 0 Å². The molecule has 4 nitrogen and oxygen atoms in total. The van der Waals surface area contributed by atoms with Crippen LogP contribution in [0, 0.1) is 6.92 Å². The van der Waals surface area contributed by atoms with Crippen LogP contribution in [0.25, 0.3) is 0 Å². The summed E-state index contributed by atoms with van der Waals surface area (Å²) in [5, 5.41) is 0. The third kappa shape index (κ3) is 2.50. The Balaban J connectivity index is 2.20. The first kappa shape index (κ1) is 11.3. The Labute approximate surface area is 96.9 Å². The Morgan fingerprint density at radius 3 is 2.94 bits per heavy atom. The maximum Gasteiger partial charge on any atom is 0.132 e. The smallest absolute Gasteiger partial charge is 0.132 e. The minimum Gasteiger partial charge on any atom is -0.355 e. The maximum absolute atomic E-state index is 5.91. The van der Waals surface area contributed by atoms with Gasteiger partial charge in [-0.1, -0.05) is 13.3 Å². The third-order valence-electron chi connectivity index (χ3n) is 2.93. The van der Waals surface area contributed by atoms with Gasteiger partial charge in [0.15, 0.2) is 0 Å². The van der Waals surface area contributed by atoms with Crippen LogP contribution >= 0.6 is 0 Å². The van der Waals surface area contributed by atoms with E-state index in [0.717, 1.165) is 49.7 Å². The maximum atomic E-state index is 5.91. The number of nitrogens with zero attached hydrogens (tertiary/aromatic N) is 3. The van der Waals surface area contributed by atoms with E-state index >= 15 is 0 Å². The first-order valence-corrected chi connectivity index (χ1v) is 6.04. The predicted molar refractivity (Wildman–Crippen MR) is 65.6 cm³/mol. The fraction of sp³-hybridized carbons (Fsp3) is 0.667. The number of hydrogen-bond acceptors (Lipinski definition) is 4. The number of anilines is 1. The van der Waals surface area contributed by atoms with E-state index in [0.29, 0.717) is 6.04 Å². The monoisotopic (exact) mass is 220 g/mol. The van der Waals surface area contributed by atoms with Crippen molar-refractivity contribution in [3.8, 4) is 0 Å².